The molecular formula is C21H29N2O+. The maximum atomic E-state index is 8.84. The Morgan fingerprint density at radius 3 is 2.38 bits per heavy atom. The third kappa shape index (κ3) is 5.82. The lowest BCUT2D eigenvalue weighted by atomic mass is 10.1. The van der Waals surface area contributed by atoms with Gasteiger partial charge < -0.3 is 10.0 Å². The number of anilines is 1. The van der Waals surface area contributed by atoms with E-state index in [0.717, 1.165) is 32.2 Å². The number of hydrogen-bond donors (Lipinski definition) is 1. The Morgan fingerprint density at radius 1 is 0.917 bits per heavy atom. The summed E-state index contributed by atoms with van der Waals surface area (Å²) in [5, 5.41) is 8.84. The van der Waals surface area contributed by atoms with E-state index in [9.17, 15) is 0 Å². The maximum Gasteiger partial charge on any atom is 0.205 e. The fourth-order valence-electron chi connectivity index (χ4n) is 2.66. The largest absolute Gasteiger partial charge is 0.396 e. The van der Waals surface area contributed by atoms with Crippen molar-refractivity contribution in [2.24, 2.45) is 0 Å². The molecule has 1 aromatic carbocycles. The molecule has 0 saturated heterocycles. The SMILES string of the molecule is CN(C)c1ccc(/C=C/c2cccc[n+]2CCCCCCO)cc1. The number of aryl methyl sites for hydroxylation is 1. The number of benzene rings is 1. The molecule has 1 heterocycles. The molecule has 2 aromatic rings. The van der Waals surface area contributed by atoms with Crippen molar-refractivity contribution in [3.05, 3.63) is 59.9 Å². The molecule has 0 aliphatic rings. The van der Waals surface area contributed by atoms with Crippen molar-refractivity contribution in [3.63, 3.8) is 0 Å². The van der Waals surface area contributed by atoms with Crippen LogP contribution >= 0.6 is 0 Å². The summed E-state index contributed by atoms with van der Waals surface area (Å²) in [4.78, 5) is 2.11. The van der Waals surface area contributed by atoms with Crippen LogP contribution < -0.4 is 9.47 Å². The lowest BCUT2D eigenvalue weighted by molar-refractivity contribution is -0.699. The number of aliphatic hydroxyl groups excluding tert-OH is 1. The van der Waals surface area contributed by atoms with Crippen molar-refractivity contribution in [1.29, 1.82) is 0 Å². The summed E-state index contributed by atoms with van der Waals surface area (Å²) in [7, 11) is 4.11. The number of rotatable bonds is 9. The van der Waals surface area contributed by atoms with E-state index in [1.54, 1.807) is 0 Å². The van der Waals surface area contributed by atoms with E-state index in [1.165, 1.54) is 16.9 Å². The quantitative estimate of drug-likeness (QED) is 0.561. The van der Waals surface area contributed by atoms with E-state index in [-0.39, 0.29) is 0 Å². The fraction of sp³-hybridized carbons (Fsp3) is 0.381. The van der Waals surface area contributed by atoms with Crippen molar-refractivity contribution in [3.8, 4) is 0 Å². The molecule has 0 amide bonds. The smallest absolute Gasteiger partial charge is 0.205 e. The Bertz CT molecular complexity index is 633. The Labute approximate surface area is 145 Å². The van der Waals surface area contributed by atoms with Gasteiger partial charge in [-0.2, -0.15) is 4.57 Å². The molecule has 0 aliphatic carbocycles. The van der Waals surface area contributed by atoms with Crippen molar-refractivity contribution >= 4 is 17.8 Å². The normalized spacial score (nSPS) is 11.1. The number of hydrogen-bond acceptors (Lipinski definition) is 2. The van der Waals surface area contributed by atoms with Gasteiger partial charge in [-0.1, -0.05) is 18.6 Å². The van der Waals surface area contributed by atoms with Crippen LogP contribution in [-0.4, -0.2) is 25.8 Å². The summed E-state index contributed by atoms with van der Waals surface area (Å²) >= 11 is 0. The topological polar surface area (TPSA) is 27.4 Å². The van der Waals surface area contributed by atoms with E-state index in [2.05, 4.69) is 84.4 Å². The molecule has 3 heteroatoms. The summed E-state index contributed by atoms with van der Waals surface area (Å²) in [6.07, 6.45) is 10.8. The van der Waals surface area contributed by atoms with Gasteiger partial charge in [-0.3, -0.25) is 0 Å². The highest BCUT2D eigenvalue weighted by Gasteiger charge is 2.05. The number of aliphatic hydroxyl groups is 1. The summed E-state index contributed by atoms with van der Waals surface area (Å²) in [6.45, 7) is 1.32. The van der Waals surface area contributed by atoms with Gasteiger partial charge in [0, 0.05) is 51.0 Å². The van der Waals surface area contributed by atoms with Crippen LogP contribution in [0.4, 0.5) is 5.69 Å². The van der Waals surface area contributed by atoms with Gasteiger partial charge >= 0.3 is 0 Å². The lowest BCUT2D eigenvalue weighted by Gasteiger charge is -2.11. The van der Waals surface area contributed by atoms with E-state index < -0.39 is 0 Å². The second kappa shape index (κ2) is 9.89. The number of pyridine rings is 1. The van der Waals surface area contributed by atoms with Gasteiger partial charge in [0.05, 0.1) is 0 Å². The van der Waals surface area contributed by atoms with Crippen molar-refractivity contribution in [2.45, 2.75) is 32.2 Å². The van der Waals surface area contributed by atoms with Crippen LogP contribution in [0.2, 0.25) is 0 Å². The van der Waals surface area contributed by atoms with E-state index in [1.807, 2.05) is 0 Å². The standard InChI is InChI=1S/C21H29N2O/c1-22(2)20-13-10-19(11-14-20)12-15-21-9-5-7-17-23(21)16-6-3-4-8-18-24/h5,7,9-15,17,24H,3-4,6,8,16,18H2,1-2H3/q+1. The fourth-order valence-corrected chi connectivity index (χ4v) is 2.66. The molecule has 0 bridgehead atoms. The van der Waals surface area contributed by atoms with Crippen LogP contribution in [0.3, 0.4) is 0 Å². The number of unbranched alkanes of at least 4 members (excludes halogenated alkanes) is 3. The molecule has 0 fully saturated rings. The second-order valence-electron chi connectivity index (χ2n) is 6.28. The van der Waals surface area contributed by atoms with Crippen LogP contribution in [-0.2, 0) is 6.54 Å². The third-order valence-electron chi connectivity index (χ3n) is 4.14. The number of nitrogens with zero attached hydrogens (tertiary/aromatic N) is 2. The Morgan fingerprint density at radius 2 is 1.67 bits per heavy atom. The average Bonchev–Trinajstić information content (AvgIpc) is 2.61. The molecule has 0 radical (unpaired) electrons. The van der Waals surface area contributed by atoms with Gasteiger partial charge in [0.1, 0.15) is 6.54 Å². The van der Waals surface area contributed by atoms with Crippen LogP contribution in [0.15, 0.2) is 48.7 Å². The molecule has 3 nitrogen and oxygen atoms in total. The molecule has 1 N–H and O–H groups in total. The molecule has 0 atom stereocenters. The highest BCUT2D eigenvalue weighted by Crippen LogP contribution is 2.14. The minimum absolute atomic E-state index is 0.305. The summed E-state index contributed by atoms with van der Waals surface area (Å²) in [5.74, 6) is 0. The first-order valence-electron chi connectivity index (χ1n) is 8.75. The van der Waals surface area contributed by atoms with Gasteiger partial charge in [-0.05, 0) is 42.7 Å². The van der Waals surface area contributed by atoms with Gasteiger partial charge in [-0.15, -0.1) is 0 Å². The number of aromatic nitrogens is 1. The monoisotopic (exact) mass is 325 g/mol. The van der Waals surface area contributed by atoms with Crippen LogP contribution in [0, 0.1) is 0 Å². The van der Waals surface area contributed by atoms with Crippen LogP contribution in [0.25, 0.3) is 12.2 Å². The maximum absolute atomic E-state index is 8.84. The minimum Gasteiger partial charge on any atom is -0.396 e. The molecule has 2 rings (SSSR count). The molecule has 1 aromatic heterocycles. The van der Waals surface area contributed by atoms with Gasteiger partial charge in [0.25, 0.3) is 0 Å². The first-order chi connectivity index (χ1) is 11.7. The zero-order chi connectivity index (χ0) is 17.2. The van der Waals surface area contributed by atoms with Crippen LogP contribution in [0.5, 0.6) is 0 Å². The van der Waals surface area contributed by atoms with Crippen LogP contribution in [0.1, 0.15) is 36.9 Å². The van der Waals surface area contributed by atoms with Crippen molar-refractivity contribution in [2.75, 3.05) is 25.6 Å². The molecule has 24 heavy (non-hydrogen) atoms. The highest BCUT2D eigenvalue weighted by molar-refractivity contribution is 5.68. The van der Waals surface area contributed by atoms with E-state index in [0.29, 0.717) is 6.61 Å². The summed E-state index contributed by atoms with van der Waals surface area (Å²) in [5.41, 5.74) is 3.64. The molecule has 0 unspecified atom stereocenters. The predicted octanol–water partition coefficient (Wildman–Crippen LogP) is 3.76. The molecular weight excluding hydrogens is 296 g/mol. The zero-order valence-corrected chi connectivity index (χ0v) is 14.9. The molecule has 0 aliphatic heterocycles. The van der Waals surface area contributed by atoms with Gasteiger partial charge in [-0.25, -0.2) is 0 Å². The highest BCUT2D eigenvalue weighted by atomic mass is 16.2. The first kappa shape index (κ1) is 18.2. The Kier molecular flexibility index (Phi) is 7.50. The zero-order valence-electron chi connectivity index (χ0n) is 14.9. The first-order valence-corrected chi connectivity index (χ1v) is 8.75. The molecule has 128 valence electrons. The minimum atomic E-state index is 0.305. The van der Waals surface area contributed by atoms with Gasteiger partial charge in [0.2, 0.25) is 5.69 Å². The summed E-state index contributed by atoms with van der Waals surface area (Å²) < 4.78 is 2.30. The third-order valence-corrected chi connectivity index (χ3v) is 4.14. The van der Waals surface area contributed by atoms with Crippen molar-refractivity contribution in [1.82, 2.24) is 0 Å². The van der Waals surface area contributed by atoms with Gasteiger partial charge in [0.15, 0.2) is 6.20 Å². The molecule has 0 spiro atoms. The predicted molar refractivity (Wildman–Crippen MR) is 102 cm³/mol. The van der Waals surface area contributed by atoms with E-state index >= 15 is 0 Å². The Hall–Kier alpha value is -2.13. The average molecular weight is 325 g/mol. The van der Waals surface area contributed by atoms with Crippen molar-refractivity contribution < 1.29 is 9.67 Å². The van der Waals surface area contributed by atoms with E-state index in [4.69, 9.17) is 5.11 Å². The Balaban J connectivity index is 1.98. The lowest BCUT2D eigenvalue weighted by Crippen LogP contribution is -2.36. The second-order valence-corrected chi connectivity index (χ2v) is 6.28. The molecule has 0 saturated carbocycles. The summed E-state index contributed by atoms with van der Waals surface area (Å²) in [6, 6.07) is 14.9.